The predicted octanol–water partition coefficient (Wildman–Crippen LogP) is 3.18. The quantitative estimate of drug-likeness (QED) is 0.821. The fourth-order valence-corrected chi connectivity index (χ4v) is 2.53. The molecule has 2 aromatic carbocycles. The normalized spacial score (nSPS) is 12.4. The van der Waals surface area contributed by atoms with Crippen LogP contribution in [0.15, 0.2) is 30.3 Å². The number of amides is 1. The van der Waals surface area contributed by atoms with Gasteiger partial charge in [-0.3, -0.25) is 4.79 Å². The van der Waals surface area contributed by atoms with Gasteiger partial charge < -0.3 is 19.5 Å². The number of anilines is 1. The van der Waals surface area contributed by atoms with Crippen LogP contribution in [-0.2, 0) is 9.53 Å². The van der Waals surface area contributed by atoms with Gasteiger partial charge in [0.05, 0.1) is 10.6 Å². The van der Waals surface area contributed by atoms with Crippen molar-refractivity contribution < 1.29 is 32.6 Å². The van der Waals surface area contributed by atoms with Gasteiger partial charge in [0.1, 0.15) is 24.8 Å². The second-order valence-electron chi connectivity index (χ2n) is 5.26. The molecule has 0 spiro atoms. The van der Waals surface area contributed by atoms with E-state index in [0.29, 0.717) is 30.8 Å². The minimum atomic E-state index is -0.844. The summed E-state index contributed by atoms with van der Waals surface area (Å²) < 4.78 is 41.7. The second-order valence-corrected chi connectivity index (χ2v) is 5.67. The molecule has 0 bridgehead atoms. The third kappa shape index (κ3) is 4.20. The number of hydrogen-bond donors (Lipinski definition) is 1. The molecule has 9 heteroatoms. The van der Waals surface area contributed by atoms with Crippen molar-refractivity contribution in [2.45, 2.75) is 0 Å². The van der Waals surface area contributed by atoms with Crippen molar-refractivity contribution in [1.29, 1.82) is 0 Å². The Morgan fingerprint density at radius 3 is 2.50 bits per heavy atom. The molecule has 0 aromatic heterocycles. The molecule has 2 aromatic rings. The molecule has 1 heterocycles. The molecule has 0 saturated carbocycles. The average molecular weight is 384 g/mol. The van der Waals surface area contributed by atoms with Crippen LogP contribution in [-0.4, -0.2) is 31.7 Å². The molecule has 136 valence electrons. The number of carbonyl (C=O) groups excluding carboxylic acids is 2. The Kier molecular flexibility index (Phi) is 5.22. The van der Waals surface area contributed by atoms with Gasteiger partial charge in [-0.2, -0.15) is 0 Å². The Labute approximate surface area is 151 Å². The number of rotatable bonds is 4. The summed E-state index contributed by atoms with van der Waals surface area (Å²) in [5.41, 5.74) is -0.0187. The van der Waals surface area contributed by atoms with Crippen molar-refractivity contribution in [3.63, 3.8) is 0 Å². The van der Waals surface area contributed by atoms with E-state index in [1.54, 1.807) is 0 Å². The summed E-state index contributed by atoms with van der Waals surface area (Å²) in [6.45, 7) is 0.00875. The van der Waals surface area contributed by atoms with Gasteiger partial charge in [0.15, 0.2) is 18.1 Å². The van der Waals surface area contributed by atoms with E-state index in [-0.39, 0.29) is 16.3 Å². The first-order valence-electron chi connectivity index (χ1n) is 7.44. The van der Waals surface area contributed by atoms with E-state index in [0.717, 1.165) is 12.1 Å². The molecule has 3 rings (SSSR count). The highest BCUT2D eigenvalue weighted by atomic mass is 35.5. The Bertz CT molecular complexity index is 854. The van der Waals surface area contributed by atoms with E-state index < -0.39 is 30.1 Å². The smallest absolute Gasteiger partial charge is 0.338 e. The van der Waals surface area contributed by atoms with E-state index in [1.807, 2.05) is 0 Å². The molecule has 0 saturated heterocycles. The maximum Gasteiger partial charge on any atom is 0.338 e. The molecule has 0 unspecified atom stereocenters. The molecule has 6 nitrogen and oxygen atoms in total. The summed E-state index contributed by atoms with van der Waals surface area (Å²) >= 11 is 6.03. The molecule has 0 aliphatic carbocycles. The van der Waals surface area contributed by atoms with E-state index >= 15 is 0 Å². The Morgan fingerprint density at radius 1 is 1.08 bits per heavy atom. The number of fused-ring (bicyclic) bond motifs is 1. The van der Waals surface area contributed by atoms with Crippen molar-refractivity contribution >= 4 is 29.2 Å². The van der Waals surface area contributed by atoms with Crippen LogP contribution in [0.2, 0.25) is 5.02 Å². The number of halogens is 3. The molecule has 1 N–H and O–H groups in total. The first kappa shape index (κ1) is 17.9. The zero-order valence-electron chi connectivity index (χ0n) is 13.2. The van der Waals surface area contributed by atoms with Gasteiger partial charge in [-0.25, -0.2) is 13.6 Å². The predicted molar refractivity (Wildman–Crippen MR) is 87.7 cm³/mol. The summed E-state index contributed by atoms with van der Waals surface area (Å²) in [7, 11) is 0. The molecule has 0 fully saturated rings. The number of benzene rings is 2. The molecular formula is C17H12ClF2NO5. The Balaban J connectivity index is 1.61. The number of carbonyl (C=O) groups is 2. The molecule has 0 radical (unpaired) electrons. The first-order valence-corrected chi connectivity index (χ1v) is 7.82. The van der Waals surface area contributed by atoms with Crippen LogP contribution in [0.1, 0.15) is 10.4 Å². The van der Waals surface area contributed by atoms with Crippen molar-refractivity contribution in [2.24, 2.45) is 0 Å². The third-order valence-corrected chi connectivity index (χ3v) is 3.59. The van der Waals surface area contributed by atoms with Crippen LogP contribution in [0.5, 0.6) is 11.5 Å². The van der Waals surface area contributed by atoms with E-state index in [9.17, 15) is 18.4 Å². The standard InChI is InChI=1S/C17H12ClF2NO5/c18-13-3-9(4-14-16(13)25-2-1-24-14)17(23)26-8-15(22)21-12-6-10(19)5-11(20)7-12/h3-7H,1-2,8H2,(H,21,22). The topological polar surface area (TPSA) is 73.9 Å². The molecule has 1 amide bonds. The lowest BCUT2D eigenvalue weighted by Crippen LogP contribution is -2.21. The number of nitrogens with one attached hydrogen (secondary N) is 1. The van der Waals surface area contributed by atoms with Crippen LogP contribution in [0.3, 0.4) is 0 Å². The zero-order valence-corrected chi connectivity index (χ0v) is 13.9. The van der Waals surface area contributed by atoms with Crippen LogP contribution < -0.4 is 14.8 Å². The average Bonchev–Trinajstić information content (AvgIpc) is 2.58. The summed E-state index contributed by atoms with van der Waals surface area (Å²) in [6, 6.07) is 5.26. The van der Waals surface area contributed by atoms with Crippen LogP contribution in [0.4, 0.5) is 14.5 Å². The summed E-state index contributed by atoms with van der Waals surface area (Å²) in [5.74, 6) is -2.63. The maximum atomic E-state index is 13.1. The summed E-state index contributed by atoms with van der Waals surface area (Å²) in [5, 5.41) is 2.40. The van der Waals surface area contributed by atoms with Crippen LogP contribution >= 0.6 is 11.6 Å². The van der Waals surface area contributed by atoms with Crippen molar-refractivity contribution in [3.8, 4) is 11.5 Å². The van der Waals surface area contributed by atoms with Gasteiger partial charge >= 0.3 is 5.97 Å². The van der Waals surface area contributed by atoms with E-state index in [4.69, 9.17) is 25.8 Å². The van der Waals surface area contributed by atoms with Crippen LogP contribution in [0.25, 0.3) is 0 Å². The lowest BCUT2D eigenvalue weighted by Gasteiger charge is -2.19. The van der Waals surface area contributed by atoms with E-state index in [2.05, 4.69) is 5.32 Å². The molecule has 26 heavy (non-hydrogen) atoms. The molecular weight excluding hydrogens is 372 g/mol. The van der Waals surface area contributed by atoms with Gasteiger partial charge in [0.25, 0.3) is 5.91 Å². The van der Waals surface area contributed by atoms with E-state index in [1.165, 1.54) is 12.1 Å². The van der Waals surface area contributed by atoms with Gasteiger partial charge in [-0.1, -0.05) is 11.6 Å². The van der Waals surface area contributed by atoms with Crippen LogP contribution in [0, 0.1) is 11.6 Å². The van der Waals surface area contributed by atoms with Gasteiger partial charge in [0.2, 0.25) is 0 Å². The lowest BCUT2D eigenvalue weighted by molar-refractivity contribution is -0.119. The number of hydrogen-bond acceptors (Lipinski definition) is 5. The molecule has 1 aliphatic rings. The summed E-state index contributed by atoms with van der Waals surface area (Å²) in [6.07, 6.45) is 0. The Morgan fingerprint density at radius 2 is 1.77 bits per heavy atom. The minimum Gasteiger partial charge on any atom is -0.486 e. The molecule has 0 atom stereocenters. The van der Waals surface area contributed by atoms with Crippen molar-refractivity contribution in [1.82, 2.24) is 0 Å². The Hall–Kier alpha value is -2.87. The fourth-order valence-electron chi connectivity index (χ4n) is 2.27. The maximum absolute atomic E-state index is 13.1. The monoisotopic (exact) mass is 383 g/mol. The van der Waals surface area contributed by atoms with Gasteiger partial charge in [0, 0.05) is 11.8 Å². The fraction of sp³-hybridized carbons (Fsp3) is 0.176. The highest BCUT2D eigenvalue weighted by Crippen LogP contribution is 2.38. The molecule has 1 aliphatic heterocycles. The number of esters is 1. The highest BCUT2D eigenvalue weighted by molar-refractivity contribution is 6.32. The lowest BCUT2D eigenvalue weighted by atomic mass is 10.2. The first-order chi connectivity index (χ1) is 12.4. The SMILES string of the molecule is O=C(COC(=O)c1cc(Cl)c2c(c1)OCCO2)Nc1cc(F)cc(F)c1. The van der Waals surface area contributed by atoms with Gasteiger partial charge in [-0.15, -0.1) is 0 Å². The highest BCUT2D eigenvalue weighted by Gasteiger charge is 2.20. The second kappa shape index (κ2) is 7.57. The van der Waals surface area contributed by atoms with Crippen molar-refractivity contribution in [3.05, 3.63) is 52.6 Å². The zero-order chi connectivity index (χ0) is 18.7. The van der Waals surface area contributed by atoms with Gasteiger partial charge in [-0.05, 0) is 24.3 Å². The number of ether oxygens (including phenoxy) is 3. The minimum absolute atomic E-state index is 0.0730. The van der Waals surface area contributed by atoms with Crippen molar-refractivity contribution in [2.75, 3.05) is 25.1 Å². The largest absolute Gasteiger partial charge is 0.486 e. The summed E-state index contributed by atoms with van der Waals surface area (Å²) in [4.78, 5) is 23.8. The third-order valence-electron chi connectivity index (χ3n) is 3.31.